The fraction of sp³-hybridized carbons (Fsp3) is 0.333. The van der Waals surface area contributed by atoms with Gasteiger partial charge in [-0.05, 0) is 35.1 Å². The minimum Gasteiger partial charge on any atom is -0.489 e. The molecular formula is C18H22O. The second-order valence-electron chi connectivity index (χ2n) is 6.00. The Kier molecular flexibility index (Phi) is 3.94. The number of ether oxygens (including phenoxy) is 1. The van der Waals surface area contributed by atoms with Crippen LogP contribution in [0.3, 0.4) is 0 Å². The van der Waals surface area contributed by atoms with Crippen molar-refractivity contribution in [1.82, 2.24) is 0 Å². The van der Waals surface area contributed by atoms with Gasteiger partial charge in [-0.2, -0.15) is 0 Å². The maximum Gasteiger partial charge on any atom is 0.122 e. The molecule has 0 heterocycles. The Morgan fingerprint density at radius 1 is 0.895 bits per heavy atom. The van der Waals surface area contributed by atoms with Crippen molar-refractivity contribution in [2.45, 2.75) is 39.7 Å². The lowest BCUT2D eigenvalue weighted by Crippen LogP contribution is -2.10. The zero-order valence-corrected chi connectivity index (χ0v) is 12.2. The van der Waals surface area contributed by atoms with Crippen molar-refractivity contribution >= 4 is 0 Å². The quantitative estimate of drug-likeness (QED) is 0.759. The first kappa shape index (κ1) is 13.7. The largest absolute Gasteiger partial charge is 0.489 e. The molecule has 2 aromatic carbocycles. The highest BCUT2D eigenvalue weighted by molar-refractivity contribution is 5.32. The molecule has 0 spiro atoms. The highest BCUT2D eigenvalue weighted by atomic mass is 16.5. The van der Waals surface area contributed by atoms with E-state index in [4.69, 9.17) is 4.74 Å². The molecule has 19 heavy (non-hydrogen) atoms. The van der Waals surface area contributed by atoms with Crippen molar-refractivity contribution in [3.63, 3.8) is 0 Å². The van der Waals surface area contributed by atoms with E-state index in [0.717, 1.165) is 5.75 Å². The van der Waals surface area contributed by atoms with Crippen LogP contribution in [0.2, 0.25) is 0 Å². The van der Waals surface area contributed by atoms with Gasteiger partial charge in [-0.15, -0.1) is 0 Å². The molecule has 0 aromatic heterocycles. The van der Waals surface area contributed by atoms with Crippen molar-refractivity contribution in [3.05, 3.63) is 65.2 Å². The van der Waals surface area contributed by atoms with Gasteiger partial charge < -0.3 is 4.74 Å². The lowest BCUT2D eigenvalue weighted by Gasteiger charge is -2.19. The Bertz CT molecular complexity index is 532. The average molecular weight is 254 g/mol. The standard InChI is InChI=1S/C18H22O/c1-14-7-5-6-8-17(14)19-13-15-9-11-16(12-10-15)18(2,3)4/h5-12H,13H2,1-4H3. The van der Waals surface area contributed by atoms with Crippen LogP contribution in [0, 0.1) is 6.92 Å². The average Bonchev–Trinajstić information content (AvgIpc) is 2.37. The van der Waals surface area contributed by atoms with E-state index < -0.39 is 0 Å². The molecule has 0 fully saturated rings. The number of benzene rings is 2. The van der Waals surface area contributed by atoms with Gasteiger partial charge in [0.15, 0.2) is 0 Å². The zero-order valence-electron chi connectivity index (χ0n) is 12.2. The van der Waals surface area contributed by atoms with Crippen LogP contribution in [0.4, 0.5) is 0 Å². The van der Waals surface area contributed by atoms with E-state index in [1.54, 1.807) is 0 Å². The molecule has 0 N–H and O–H groups in total. The highest BCUT2D eigenvalue weighted by Gasteiger charge is 2.12. The van der Waals surface area contributed by atoms with Gasteiger partial charge >= 0.3 is 0 Å². The Balaban J connectivity index is 2.03. The molecule has 2 aromatic rings. The van der Waals surface area contributed by atoms with Crippen molar-refractivity contribution in [3.8, 4) is 5.75 Å². The summed E-state index contributed by atoms with van der Waals surface area (Å²) in [5, 5.41) is 0. The maximum atomic E-state index is 5.85. The number of para-hydroxylation sites is 1. The first-order valence-electron chi connectivity index (χ1n) is 6.75. The first-order valence-corrected chi connectivity index (χ1v) is 6.75. The maximum absolute atomic E-state index is 5.85. The monoisotopic (exact) mass is 254 g/mol. The van der Waals surface area contributed by atoms with E-state index >= 15 is 0 Å². The van der Waals surface area contributed by atoms with Gasteiger partial charge in [0.2, 0.25) is 0 Å². The predicted molar refractivity (Wildman–Crippen MR) is 80.7 cm³/mol. The van der Waals surface area contributed by atoms with Crippen LogP contribution in [-0.2, 0) is 12.0 Å². The fourth-order valence-corrected chi connectivity index (χ4v) is 1.98. The summed E-state index contributed by atoms with van der Waals surface area (Å²) < 4.78 is 5.85. The molecule has 0 aliphatic carbocycles. The molecule has 0 atom stereocenters. The van der Waals surface area contributed by atoms with E-state index in [-0.39, 0.29) is 5.41 Å². The summed E-state index contributed by atoms with van der Waals surface area (Å²) in [5.74, 6) is 0.961. The van der Waals surface area contributed by atoms with Gasteiger partial charge in [0.05, 0.1) is 0 Å². The third kappa shape index (κ3) is 3.60. The minimum absolute atomic E-state index is 0.204. The Labute approximate surface area is 116 Å². The van der Waals surface area contributed by atoms with Crippen molar-refractivity contribution in [1.29, 1.82) is 0 Å². The first-order chi connectivity index (χ1) is 8.97. The summed E-state index contributed by atoms with van der Waals surface area (Å²) in [6.07, 6.45) is 0. The van der Waals surface area contributed by atoms with Gasteiger partial charge in [-0.1, -0.05) is 63.2 Å². The SMILES string of the molecule is Cc1ccccc1OCc1ccc(C(C)(C)C)cc1. The van der Waals surface area contributed by atoms with Gasteiger partial charge in [0.25, 0.3) is 0 Å². The summed E-state index contributed by atoms with van der Waals surface area (Å²) in [7, 11) is 0. The van der Waals surface area contributed by atoms with E-state index in [0.29, 0.717) is 6.61 Å². The molecule has 2 rings (SSSR count). The van der Waals surface area contributed by atoms with Crippen molar-refractivity contribution < 1.29 is 4.74 Å². The minimum atomic E-state index is 0.204. The topological polar surface area (TPSA) is 9.23 Å². The van der Waals surface area contributed by atoms with Crippen LogP contribution >= 0.6 is 0 Å². The van der Waals surface area contributed by atoms with Crippen LogP contribution in [0.5, 0.6) is 5.75 Å². The summed E-state index contributed by atoms with van der Waals surface area (Å²) in [5.41, 5.74) is 3.94. The molecule has 0 unspecified atom stereocenters. The molecule has 0 aliphatic heterocycles. The predicted octanol–water partition coefficient (Wildman–Crippen LogP) is 4.87. The van der Waals surface area contributed by atoms with Crippen LogP contribution in [0.25, 0.3) is 0 Å². The highest BCUT2D eigenvalue weighted by Crippen LogP contribution is 2.23. The summed E-state index contributed by atoms with van der Waals surface area (Å²) in [6.45, 7) is 9.37. The van der Waals surface area contributed by atoms with Gasteiger partial charge in [0.1, 0.15) is 12.4 Å². The molecule has 0 bridgehead atoms. The van der Waals surface area contributed by atoms with E-state index in [1.165, 1.54) is 16.7 Å². The zero-order chi connectivity index (χ0) is 13.9. The molecule has 100 valence electrons. The molecule has 1 heteroatoms. The number of rotatable bonds is 3. The van der Waals surface area contributed by atoms with Crippen molar-refractivity contribution in [2.24, 2.45) is 0 Å². The van der Waals surface area contributed by atoms with Crippen molar-refractivity contribution in [2.75, 3.05) is 0 Å². The second-order valence-corrected chi connectivity index (χ2v) is 6.00. The lowest BCUT2D eigenvalue weighted by atomic mass is 9.87. The third-order valence-corrected chi connectivity index (χ3v) is 3.31. The van der Waals surface area contributed by atoms with Crippen LogP contribution < -0.4 is 4.74 Å². The van der Waals surface area contributed by atoms with Crippen LogP contribution in [0.15, 0.2) is 48.5 Å². The number of hydrogen-bond donors (Lipinski definition) is 0. The second kappa shape index (κ2) is 5.48. The summed E-state index contributed by atoms with van der Waals surface area (Å²) in [6, 6.07) is 16.8. The van der Waals surface area contributed by atoms with Gasteiger partial charge in [0, 0.05) is 0 Å². The summed E-state index contributed by atoms with van der Waals surface area (Å²) >= 11 is 0. The van der Waals surface area contributed by atoms with E-state index in [2.05, 4.69) is 58.0 Å². The molecule has 0 saturated heterocycles. The number of hydrogen-bond acceptors (Lipinski definition) is 1. The third-order valence-electron chi connectivity index (χ3n) is 3.31. The molecule has 0 aliphatic rings. The number of aryl methyl sites for hydroxylation is 1. The molecule has 0 amide bonds. The molecule has 1 nitrogen and oxygen atoms in total. The normalized spacial score (nSPS) is 11.4. The van der Waals surface area contributed by atoms with Gasteiger partial charge in [-0.3, -0.25) is 0 Å². The molecule has 0 radical (unpaired) electrons. The smallest absolute Gasteiger partial charge is 0.122 e. The van der Waals surface area contributed by atoms with Gasteiger partial charge in [-0.25, -0.2) is 0 Å². The Hall–Kier alpha value is -1.76. The van der Waals surface area contributed by atoms with E-state index in [1.807, 2.05) is 18.2 Å². The fourth-order valence-electron chi connectivity index (χ4n) is 1.98. The molecular weight excluding hydrogens is 232 g/mol. The lowest BCUT2D eigenvalue weighted by molar-refractivity contribution is 0.304. The van der Waals surface area contributed by atoms with E-state index in [9.17, 15) is 0 Å². The Morgan fingerprint density at radius 2 is 1.53 bits per heavy atom. The van der Waals surface area contributed by atoms with Crippen LogP contribution in [0.1, 0.15) is 37.5 Å². The summed E-state index contributed by atoms with van der Waals surface area (Å²) in [4.78, 5) is 0. The Morgan fingerprint density at radius 3 is 2.11 bits per heavy atom. The van der Waals surface area contributed by atoms with Crippen LogP contribution in [-0.4, -0.2) is 0 Å². The molecule has 0 saturated carbocycles.